The summed E-state index contributed by atoms with van der Waals surface area (Å²) in [5.41, 5.74) is 1.98. The first-order valence-electron chi connectivity index (χ1n) is 10.9. The highest BCUT2D eigenvalue weighted by Crippen LogP contribution is 2.42. The first-order chi connectivity index (χ1) is 15.6. The molecule has 0 spiro atoms. The fourth-order valence-electron chi connectivity index (χ4n) is 4.37. The van der Waals surface area contributed by atoms with Gasteiger partial charge in [0.2, 0.25) is 0 Å². The summed E-state index contributed by atoms with van der Waals surface area (Å²) >= 11 is 0. The zero-order valence-corrected chi connectivity index (χ0v) is 18.7. The molecule has 1 heterocycles. The van der Waals surface area contributed by atoms with E-state index in [1.807, 2.05) is 74.6 Å². The summed E-state index contributed by atoms with van der Waals surface area (Å²) in [6.45, 7) is 0.248. The zero-order valence-electron chi connectivity index (χ0n) is 18.7. The monoisotopic (exact) mass is 432 g/mol. The first-order valence-corrected chi connectivity index (χ1v) is 10.9. The fraction of sp³-hybridized carbons (Fsp3) is 0.308. The normalized spacial score (nSPS) is 20.8. The highest BCUT2D eigenvalue weighted by molar-refractivity contribution is 6.11. The molecule has 166 valence electrons. The van der Waals surface area contributed by atoms with E-state index in [0.29, 0.717) is 6.42 Å². The van der Waals surface area contributed by atoms with Gasteiger partial charge >= 0.3 is 0 Å². The standard InChI is InChI=1S/C26H29BO5/c1-29-21-12-8-19(9-13-21)26(18-6-4-3-5-7-18,20-10-14-22(30-2)15-11-20)31-17-24-23(28)16-25(27)32-24/h3-15,23-25,28H,16-17,27H2,1-2H3/t23-,24+,25+/m0/s1. The minimum atomic E-state index is -0.908. The molecule has 0 unspecified atom stereocenters. The number of hydrogen-bond donors (Lipinski definition) is 1. The number of methoxy groups -OCH3 is 2. The van der Waals surface area contributed by atoms with Crippen molar-refractivity contribution in [2.75, 3.05) is 20.8 Å². The van der Waals surface area contributed by atoms with Crippen LogP contribution in [-0.2, 0) is 15.1 Å². The third-order valence-electron chi connectivity index (χ3n) is 6.05. The second kappa shape index (κ2) is 9.78. The first kappa shape index (κ1) is 22.4. The quantitative estimate of drug-likeness (QED) is 0.438. The van der Waals surface area contributed by atoms with E-state index in [-0.39, 0.29) is 18.7 Å². The summed E-state index contributed by atoms with van der Waals surface area (Å²) in [4.78, 5) is 0. The second-order valence-corrected chi connectivity index (χ2v) is 8.10. The maximum atomic E-state index is 10.5. The number of benzene rings is 3. The van der Waals surface area contributed by atoms with Gasteiger partial charge in [-0.25, -0.2) is 0 Å². The van der Waals surface area contributed by atoms with Crippen molar-refractivity contribution in [3.63, 3.8) is 0 Å². The lowest BCUT2D eigenvalue weighted by molar-refractivity contribution is -0.0737. The van der Waals surface area contributed by atoms with E-state index >= 15 is 0 Å². The molecule has 1 fully saturated rings. The Labute approximate surface area is 190 Å². The smallest absolute Gasteiger partial charge is 0.143 e. The van der Waals surface area contributed by atoms with Crippen molar-refractivity contribution in [3.8, 4) is 11.5 Å². The maximum absolute atomic E-state index is 10.5. The average molecular weight is 432 g/mol. The predicted octanol–water partition coefficient (Wildman–Crippen LogP) is 3.12. The van der Waals surface area contributed by atoms with E-state index in [1.54, 1.807) is 14.2 Å². The Morgan fingerprint density at radius 2 is 1.34 bits per heavy atom. The van der Waals surface area contributed by atoms with Crippen LogP contribution < -0.4 is 9.47 Å². The molecule has 3 aromatic carbocycles. The Bertz CT molecular complexity index is 943. The number of hydrogen-bond acceptors (Lipinski definition) is 5. The van der Waals surface area contributed by atoms with E-state index in [1.165, 1.54) is 0 Å². The Hall–Kier alpha value is -2.80. The predicted molar refractivity (Wildman–Crippen MR) is 126 cm³/mol. The fourth-order valence-corrected chi connectivity index (χ4v) is 4.37. The molecule has 0 aromatic heterocycles. The summed E-state index contributed by atoms with van der Waals surface area (Å²) in [6.07, 6.45) is -0.327. The highest BCUT2D eigenvalue weighted by atomic mass is 16.6. The average Bonchev–Trinajstić information content (AvgIpc) is 3.17. The molecular weight excluding hydrogens is 403 g/mol. The molecule has 5 nitrogen and oxygen atoms in total. The number of aliphatic hydroxyl groups is 1. The molecule has 1 aliphatic heterocycles. The summed E-state index contributed by atoms with van der Waals surface area (Å²) in [6, 6.07) is 25.9. The van der Waals surface area contributed by atoms with Crippen LogP contribution in [0.2, 0.25) is 0 Å². The molecule has 0 aliphatic carbocycles. The topological polar surface area (TPSA) is 57.2 Å². The van der Waals surface area contributed by atoms with Crippen molar-refractivity contribution >= 4 is 7.85 Å². The Morgan fingerprint density at radius 3 is 1.78 bits per heavy atom. The molecule has 0 radical (unpaired) electrons. The molecule has 3 atom stereocenters. The lowest BCUT2D eigenvalue weighted by Crippen LogP contribution is -2.38. The molecule has 6 heteroatoms. The minimum Gasteiger partial charge on any atom is -0.497 e. The van der Waals surface area contributed by atoms with Gasteiger partial charge in [0.1, 0.15) is 31.1 Å². The van der Waals surface area contributed by atoms with Crippen molar-refractivity contribution < 1.29 is 24.1 Å². The van der Waals surface area contributed by atoms with E-state index in [0.717, 1.165) is 28.2 Å². The van der Waals surface area contributed by atoms with Crippen molar-refractivity contribution in [3.05, 3.63) is 95.6 Å². The van der Waals surface area contributed by atoms with Crippen LogP contribution in [0.1, 0.15) is 23.1 Å². The second-order valence-electron chi connectivity index (χ2n) is 8.10. The molecule has 4 rings (SSSR count). The molecular formula is C26H29BO5. The summed E-state index contributed by atoms with van der Waals surface area (Å²) in [7, 11) is 5.28. The molecule has 1 N–H and O–H groups in total. The van der Waals surface area contributed by atoms with Crippen molar-refractivity contribution in [1.82, 2.24) is 0 Å². The van der Waals surface area contributed by atoms with E-state index < -0.39 is 11.7 Å². The van der Waals surface area contributed by atoms with Gasteiger partial charge in [-0.3, -0.25) is 0 Å². The van der Waals surface area contributed by atoms with Gasteiger partial charge in [-0.15, -0.1) is 0 Å². The molecule has 32 heavy (non-hydrogen) atoms. The Morgan fingerprint density at radius 1 is 0.844 bits per heavy atom. The maximum Gasteiger partial charge on any atom is 0.143 e. The lowest BCUT2D eigenvalue weighted by Gasteiger charge is -2.37. The molecule has 1 saturated heterocycles. The summed E-state index contributed by atoms with van der Waals surface area (Å²) < 4.78 is 23.5. The van der Waals surface area contributed by atoms with Gasteiger partial charge in [-0.05, 0) is 47.4 Å². The lowest BCUT2D eigenvalue weighted by atomic mass is 9.80. The van der Waals surface area contributed by atoms with Gasteiger partial charge in [0, 0.05) is 6.00 Å². The molecule has 0 saturated carbocycles. The van der Waals surface area contributed by atoms with Crippen LogP contribution in [0.4, 0.5) is 0 Å². The Balaban J connectivity index is 1.84. The molecule has 3 aromatic rings. The number of ether oxygens (including phenoxy) is 4. The number of aliphatic hydroxyl groups excluding tert-OH is 1. The van der Waals surface area contributed by atoms with E-state index in [4.69, 9.17) is 18.9 Å². The Kier molecular flexibility index (Phi) is 6.84. The van der Waals surface area contributed by atoms with Gasteiger partial charge < -0.3 is 24.1 Å². The van der Waals surface area contributed by atoms with Crippen LogP contribution >= 0.6 is 0 Å². The van der Waals surface area contributed by atoms with E-state index in [2.05, 4.69) is 12.1 Å². The van der Waals surface area contributed by atoms with Crippen LogP contribution in [0.5, 0.6) is 11.5 Å². The summed E-state index contributed by atoms with van der Waals surface area (Å²) in [5, 5.41) is 10.5. The molecule has 0 amide bonds. The van der Waals surface area contributed by atoms with Gasteiger partial charge in [0.25, 0.3) is 0 Å². The van der Waals surface area contributed by atoms with Crippen molar-refractivity contribution in [1.29, 1.82) is 0 Å². The SMILES string of the molecule is B[C@H]1C[C@H](O)[C@@H](COC(c2ccccc2)(c2ccc(OC)cc2)c2ccc(OC)cc2)O1. The largest absolute Gasteiger partial charge is 0.497 e. The zero-order chi connectivity index (χ0) is 22.6. The van der Waals surface area contributed by atoms with E-state index in [9.17, 15) is 5.11 Å². The number of rotatable bonds is 8. The van der Waals surface area contributed by atoms with Crippen LogP contribution in [0, 0.1) is 0 Å². The highest BCUT2D eigenvalue weighted by Gasteiger charge is 2.40. The molecule has 0 bridgehead atoms. The molecule has 1 aliphatic rings. The minimum absolute atomic E-state index is 0.00620. The third kappa shape index (κ3) is 4.39. The van der Waals surface area contributed by atoms with Crippen molar-refractivity contribution in [2.24, 2.45) is 0 Å². The van der Waals surface area contributed by atoms with Gasteiger partial charge in [-0.2, -0.15) is 0 Å². The third-order valence-corrected chi connectivity index (χ3v) is 6.05. The van der Waals surface area contributed by atoms with Gasteiger partial charge in [0.15, 0.2) is 0 Å². The summed E-state index contributed by atoms with van der Waals surface area (Å²) in [5.74, 6) is 1.54. The van der Waals surface area contributed by atoms with Crippen molar-refractivity contribution in [2.45, 2.75) is 30.2 Å². The van der Waals surface area contributed by atoms with Crippen LogP contribution in [0.15, 0.2) is 78.9 Å². The van der Waals surface area contributed by atoms with Gasteiger partial charge in [0.05, 0.1) is 26.9 Å². The van der Waals surface area contributed by atoms with Crippen LogP contribution in [-0.4, -0.2) is 52.0 Å². The van der Waals surface area contributed by atoms with Gasteiger partial charge in [-0.1, -0.05) is 54.6 Å². The van der Waals surface area contributed by atoms with Crippen LogP contribution in [0.3, 0.4) is 0 Å². The van der Waals surface area contributed by atoms with Crippen LogP contribution in [0.25, 0.3) is 0 Å².